The first-order chi connectivity index (χ1) is 10.4. The summed E-state index contributed by atoms with van der Waals surface area (Å²) in [5.74, 6) is 0.217. The second kappa shape index (κ2) is 9.13. The lowest BCUT2D eigenvalue weighted by atomic mass is 9.94. The zero-order chi connectivity index (χ0) is 16.7. The average molecular weight is 311 g/mol. The fourth-order valence-corrected chi connectivity index (χ4v) is 3.16. The summed E-state index contributed by atoms with van der Waals surface area (Å²) >= 11 is 0. The molecule has 5 nitrogen and oxygen atoms in total. The molecule has 0 N–H and O–H groups in total. The molecule has 1 fully saturated rings. The molecule has 1 atom stereocenters. The first-order valence-corrected chi connectivity index (χ1v) is 8.67. The number of carbonyl (C=O) groups excluding carboxylic acids is 2. The van der Waals surface area contributed by atoms with Gasteiger partial charge in [-0.05, 0) is 40.7 Å². The largest absolute Gasteiger partial charge is 0.342 e. The first-order valence-electron chi connectivity index (χ1n) is 8.67. The SMILES string of the molecule is CCN(CC)C(=O)CN(C)C(C)C(=O)N(C)C1CCCCC1. The third kappa shape index (κ3) is 4.97. The van der Waals surface area contributed by atoms with E-state index in [4.69, 9.17) is 0 Å². The van der Waals surface area contributed by atoms with Crippen molar-refractivity contribution in [3.05, 3.63) is 0 Å². The second-order valence-corrected chi connectivity index (χ2v) is 6.40. The monoisotopic (exact) mass is 311 g/mol. The van der Waals surface area contributed by atoms with E-state index in [1.165, 1.54) is 19.3 Å². The third-order valence-corrected chi connectivity index (χ3v) is 4.99. The molecule has 0 aliphatic heterocycles. The van der Waals surface area contributed by atoms with Crippen LogP contribution in [0.2, 0.25) is 0 Å². The summed E-state index contributed by atoms with van der Waals surface area (Å²) in [5, 5.41) is 0. The van der Waals surface area contributed by atoms with Gasteiger partial charge in [0, 0.05) is 26.2 Å². The Labute approximate surface area is 135 Å². The summed E-state index contributed by atoms with van der Waals surface area (Å²) in [7, 11) is 3.77. The van der Waals surface area contributed by atoms with Crippen molar-refractivity contribution in [1.82, 2.24) is 14.7 Å². The minimum Gasteiger partial charge on any atom is -0.342 e. The highest BCUT2D eigenvalue weighted by molar-refractivity contribution is 5.83. The van der Waals surface area contributed by atoms with E-state index in [1.54, 1.807) is 4.90 Å². The topological polar surface area (TPSA) is 43.9 Å². The van der Waals surface area contributed by atoms with Crippen LogP contribution >= 0.6 is 0 Å². The predicted octanol–water partition coefficient (Wildman–Crippen LogP) is 1.97. The van der Waals surface area contributed by atoms with E-state index in [9.17, 15) is 9.59 Å². The number of nitrogens with zero attached hydrogens (tertiary/aromatic N) is 3. The van der Waals surface area contributed by atoms with E-state index in [0.29, 0.717) is 25.7 Å². The second-order valence-electron chi connectivity index (χ2n) is 6.40. The summed E-state index contributed by atoms with van der Waals surface area (Å²) in [4.78, 5) is 30.4. The van der Waals surface area contributed by atoms with Crippen LogP contribution in [0.4, 0.5) is 0 Å². The van der Waals surface area contributed by atoms with Gasteiger partial charge in [0.05, 0.1) is 12.6 Å². The van der Waals surface area contributed by atoms with E-state index in [1.807, 2.05) is 44.7 Å². The van der Waals surface area contributed by atoms with E-state index in [-0.39, 0.29) is 17.9 Å². The third-order valence-electron chi connectivity index (χ3n) is 4.99. The van der Waals surface area contributed by atoms with Gasteiger partial charge >= 0.3 is 0 Å². The highest BCUT2D eigenvalue weighted by atomic mass is 16.2. The van der Waals surface area contributed by atoms with Gasteiger partial charge in [-0.3, -0.25) is 14.5 Å². The Morgan fingerprint density at radius 1 is 1.05 bits per heavy atom. The van der Waals surface area contributed by atoms with Crippen LogP contribution in [0.5, 0.6) is 0 Å². The van der Waals surface area contributed by atoms with Gasteiger partial charge in [0.1, 0.15) is 0 Å². The van der Waals surface area contributed by atoms with Crippen LogP contribution in [-0.4, -0.2) is 72.3 Å². The Bertz CT molecular complexity index is 363. The molecule has 1 unspecified atom stereocenters. The Balaban J connectivity index is 2.55. The van der Waals surface area contributed by atoms with Crippen LogP contribution in [0.25, 0.3) is 0 Å². The Hall–Kier alpha value is -1.10. The smallest absolute Gasteiger partial charge is 0.239 e. The molecule has 0 aromatic carbocycles. The predicted molar refractivity (Wildman–Crippen MR) is 89.7 cm³/mol. The normalized spacial score (nSPS) is 17.4. The molecule has 0 bridgehead atoms. The van der Waals surface area contributed by atoms with Gasteiger partial charge in [0.25, 0.3) is 0 Å². The molecule has 2 amide bonds. The van der Waals surface area contributed by atoms with Gasteiger partial charge in [0.2, 0.25) is 11.8 Å². The molecule has 0 radical (unpaired) electrons. The van der Waals surface area contributed by atoms with Crippen LogP contribution in [-0.2, 0) is 9.59 Å². The van der Waals surface area contributed by atoms with Crippen molar-refractivity contribution in [2.75, 3.05) is 33.7 Å². The molecular weight excluding hydrogens is 278 g/mol. The molecule has 0 aromatic heterocycles. The van der Waals surface area contributed by atoms with Crippen molar-refractivity contribution in [3.8, 4) is 0 Å². The quantitative estimate of drug-likeness (QED) is 0.722. The molecule has 1 aliphatic carbocycles. The molecular formula is C17H33N3O2. The number of likely N-dealkylation sites (N-methyl/N-ethyl adjacent to an activating group) is 3. The van der Waals surface area contributed by atoms with Gasteiger partial charge in [-0.15, -0.1) is 0 Å². The maximum Gasteiger partial charge on any atom is 0.239 e. The lowest BCUT2D eigenvalue weighted by Crippen LogP contribution is -2.50. The van der Waals surface area contributed by atoms with Crippen molar-refractivity contribution >= 4 is 11.8 Å². The van der Waals surface area contributed by atoms with Crippen molar-refractivity contribution in [3.63, 3.8) is 0 Å². The van der Waals surface area contributed by atoms with Crippen LogP contribution in [0.1, 0.15) is 52.9 Å². The molecule has 0 spiro atoms. The zero-order valence-corrected chi connectivity index (χ0v) is 15.0. The summed E-state index contributed by atoms with van der Waals surface area (Å²) in [6.45, 7) is 7.59. The Morgan fingerprint density at radius 3 is 2.09 bits per heavy atom. The van der Waals surface area contributed by atoms with E-state index in [0.717, 1.165) is 12.8 Å². The maximum absolute atomic E-state index is 12.6. The summed E-state index contributed by atoms with van der Waals surface area (Å²) in [5.41, 5.74) is 0. The van der Waals surface area contributed by atoms with E-state index in [2.05, 4.69) is 0 Å². The molecule has 1 saturated carbocycles. The Kier molecular flexibility index (Phi) is 7.87. The fourth-order valence-electron chi connectivity index (χ4n) is 3.16. The Morgan fingerprint density at radius 2 is 1.59 bits per heavy atom. The molecule has 1 aliphatic rings. The molecule has 0 saturated heterocycles. The van der Waals surface area contributed by atoms with Crippen LogP contribution < -0.4 is 0 Å². The number of carbonyl (C=O) groups is 2. The number of amides is 2. The lowest BCUT2D eigenvalue weighted by molar-refractivity contribution is -0.139. The number of hydrogen-bond acceptors (Lipinski definition) is 3. The molecule has 0 aromatic rings. The van der Waals surface area contributed by atoms with Crippen LogP contribution in [0.15, 0.2) is 0 Å². The highest BCUT2D eigenvalue weighted by Gasteiger charge is 2.28. The zero-order valence-electron chi connectivity index (χ0n) is 15.0. The van der Waals surface area contributed by atoms with Crippen molar-refractivity contribution < 1.29 is 9.59 Å². The summed E-state index contributed by atoms with van der Waals surface area (Å²) < 4.78 is 0. The van der Waals surface area contributed by atoms with Gasteiger partial charge in [-0.1, -0.05) is 19.3 Å². The van der Waals surface area contributed by atoms with Crippen molar-refractivity contribution in [2.45, 2.75) is 65.0 Å². The summed E-state index contributed by atoms with van der Waals surface area (Å²) in [6, 6.07) is 0.113. The van der Waals surface area contributed by atoms with E-state index >= 15 is 0 Å². The standard InChI is InChI=1S/C17H33N3O2/c1-6-20(7-2)16(21)13-18(4)14(3)17(22)19(5)15-11-9-8-10-12-15/h14-15H,6-13H2,1-5H3. The minimum atomic E-state index is -0.258. The number of hydrogen-bond donors (Lipinski definition) is 0. The average Bonchev–Trinajstić information content (AvgIpc) is 2.54. The van der Waals surface area contributed by atoms with Crippen LogP contribution in [0, 0.1) is 0 Å². The molecule has 0 heterocycles. The molecule has 22 heavy (non-hydrogen) atoms. The van der Waals surface area contributed by atoms with E-state index < -0.39 is 0 Å². The lowest BCUT2D eigenvalue weighted by Gasteiger charge is -2.35. The minimum absolute atomic E-state index is 0.0902. The number of rotatable bonds is 7. The van der Waals surface area contributed by atoms with Gasteiger partial charge < -0.3 is 9.80 Å². The van der Waals surface area contributed by atoms with Gasteiger partial charge in [-0.2, -0.15) is 0 Å². The molecule has 1 rings (SSSR count). The fraction of sp³-hybridized carbons (Fsp3) is 0.882. The van der Waals surface area contributed by atoms with Crippen molar-refractivity contribution in [1.29, 1.82) is 0 Å². The van der Waals surface area contributed by atoms with Gasteiger partial charge in [-0.25, -0.2) is 0 Å². The highest BCUT2D eigenvalue weighted by Crippen LogP contribution is 2.22. The molecule has 128 valence electrons. The first kappa shape index (κ1) is 18.9. The van der Waals surface area contributed by atoms with Gasteiger partial charge in [0.15, 0.2) is 0 Å². The van der Waals surface area contributed by atoms with Crippen LogP contribution in [0.3, 0.4) is 0 Å². The maximum atomic E-state index is 12.6. The van der Waals surface area contributed by atoms with Crippen molar-refractivity contribution in [2.24, 2.45) is 0 Å². The summed E-state index contributed by atoms with van der Waals surface area (Å²) in [6.07, 6.45) is 5.93. The molecule has 5 heteroatoms.